The summed E-state index contributed by atoms with van der Waals surface area (Å²) in [6, 6.07) is 21.1. The summed E-state index contributed by atoms with van der Waals surface area (Å²) in [5.41, 5.74) is 2.16. The molecule has 1 atom stereocenters. The molecule has 36 heavy (non-hydrogen) atoms. The first-order chi connectivity index (χ1) is 17.2. The second-order valence-electron chi connectivity index (χ2n) is 8.28. The highest BCUT2D eigenvalue weighted by molar-refractivity contribution is 7.92. The second kappa shape index (κ2) is 12.1. The standard InChI is InChI=1S/C27H30ClN3O4S/c1-4-21-12-16-24(17-13-21)31(36(34,35)25-8-6-5-7-9-25)19-26(32)30(20(2)27(33)29-3)18-22-10-14-23(28)15-11-22/h5-17,20H,4,18-19H2,1-3H3,(H,29,33). The monoisotopic (exact) mass is 527 g/mol. The molecule has 0 aliphatic rings. The summed E-state index contributed by atoms with van der Waals surface area (Å²) in [5.74, 6) is -0.873. The van der Waals surface area contributed by atoms with Gasteiger partial charge < -0.3 is 10.2 Å². The zero-order valence-corrected chi connectivity index (χ0v) is 22.1. The molecule has 0 fully saturated rings. The highest BCUT2D eigenvalue weighted by Crippen LogP contribution is 2.25. The van der Waals surface area contributed by atoms with Crippen LogP contribution in [0.2, 0.25) is 5.02 Å². The highest BCUT2D eigenvalue weighted by atomic mass is 35.5. The number of sulfonamides is 1. The minimum atomic E-state index is -4.06. The summed E-state index contributed by atoms with van der Waals surface area (Å²) >= 11 is 5.99. The van der Waals surface area contributed by atoms with Crippen LogP contribution >= 0.6 is 11.6 Å². The Labute approximate surface area is 217 Å². The number of carbonyl (C=O) groups excluding carboxylic acids is 2. The molecular weight excluding hydrogens is 498 g/mol. The Hall–Kier alpha value is -3.36. The normalized spacial score (nSPS) is 12.0. The zero-order chi connectivity index (χ0) is 26.3. The molecule has 3 rings (SSSR count). The third-order valence-corrected chi connectivity index (χ3v) is 7.96. The largest absolute Gasteiger partial charge is 0.357 e. The van der Waals surface area contributed by atoms with Crippen LogP contribution in [0.4, 0.5) is 5.69 Å². The first-order valence-electron chi connectivity index (χ1n) is 11.6. The van der Waals surface area contributed by atoms with Gasteiger partial charge in [-0.1, -0.05) is 61.0 Å². The number of nitrogens with zero attached hydrogens (tertiary/aromatic N) is 2. The van der Waals surface area contributed by atoms with Crippen molar-refractivity contribution in [2.45, 2.75) is 37.8 Å². The van der Waals surface area contributed by atoms with Gasteiger partial charge >= 0.3 is 0 Å². The van der Waals surface area contributed by atoms with Gasteiger partial charge in [0, 0.05) is 18.6 Å². The van der Waals surface area contributed by atoms with Gasteiger partial charge in [0.25, 0.3) is 10.0 Å². The Balaban J connectivity index is 2.01. The molecule has 0 radical (unpaired) electrons. The molecule has 0 aliphatic heterocycles. The van der Waals surface area contributed by atoms with E-state index in [-0.39, 0.29) is 17.3 Å². The van der Waals surface area contributed by atoms with Crippen LogP contribution in [0.1, 0.15) is 25.0 Å². The average Bonchev–Trinajstić information content (AvgIpc) is 2.90. The highest BCUT2D eigenvalue weighted by Gasteiger charge is 2.32. The molecule has 3 aromatic rings. The number of hydrogen-bond donors (Lipinski definition) is 1. The van der Waals surface area contributed by atoms with Gasteiger partial charge in [-0.2, -0.15) is 0 Å². The lowest BCUT2D eigenvalue weighted by molar-refractivity contribution is -0.139. The predicted molar refractivity (Wildman–Crippen MR) is 142 cm³/mol. The van der Waals surface area contributed by atoms with Crippen LogP contribution in [0.25, 0.3) is 0 Å². The third-order valence-electron chi connectivity index (χ3n) is 5.92. The predicted octanol–water partition coefficient (Wildman–Crippen LogP) is 4.26. The summed E-state index contributed by atoms with van der Waals surface area (Å²) in [6.45, 7) is 3.25. The van der Waals surface area contributed by atoms with Crippen LogP contribution in [-0.4, -0.2) is 44.8 Å². The Bertz CT molecular complexity index is 1280. The smallest absolute Gasteiger partial charge is 0.264 e. The summed E-state index contributed by atoms with van der Waals surface area (Å²) in [7, 11) is -2.57. The van der Waals surface area contributed by atoms with E-state index in [1.807, 2.05) is 19.1 Å². The molecule has 0 saturated carbocycles. The summed E-state index contributed by atoms with van der Waals surface area (Å²) in [4.78, 5) is 27.6. The van der Waals surface area contributed by atoms with Crippen molar-refractivity contribution in [1.82, 2.24) is 10.2 Å². The van der Waals surface area contributed by atoms with E-state index in [0.717, 1.165) is 21.9 Å². The molecule has 190 valence electrons. The number of amides is 2. The van der Waals surface area contributed by atoms with Gasteiger partial charge in [0.05, 0.1) is 10.6 Å². The molecule has 0 aromatic heterocycles. The van der Waals surface area contributed by atoms with Crippen LogP contribution in [0.5, 0.6) is 0 Å². The molecule has 1 unspecified atom stereocenters. The van der Waals surface area contributed by atoms with Crippen LogP contribution in [0.3, 0.4) is 0 Å². The van der Waals surface area contributed by atoms with Crippen LogP contribution in [-0.2, 0) is 32.6 Å². The summed E-state index contributed by atoms with van der Waals surface area (Å²) in [5, 5.41) is 3.11. The van der Waals surface area contributed by atoms with E-state index in [4.69, 9.17) is 11.6 Å². The Morgan fingerprint density at radius 1 is 0.917 bits per heavy atom. The summed E-state index contributed by atoms with van der Waals surface area (Å²) < 4.78 is 28.4. The molecule has 0 aliphatic carbocycles. The number of halogens is 1. The fourth-order valence-electron chi connectivity index (χ4n) is 3.72. The van der Waals surface area contributed by atoms with Crippen molar-refractivity contribution in [3.63, 3.8) is 0 Å². The van der Waals surface area contributed by atoms with Crippen molar-refractivity contribution in [2.75, 3.05) is 17.9 Å². The second-order valence-corrected chi connectivity index (χ2v) is 10.6. The van der Waals surface area contributed by atoms with Crippen molar-refractivity contribution >= 4 is 39.1 Å². The van der Waals surface area contributed by atoms with E-state index >= 15 is 0 Å². The van der Waals surface area contributed by atoms with Crippen molar-refractivity contribution in [3.05, 3.63) is 95.0 Å². The molecule has 0 bridgehead atoms. The first kappa shape index (κ1) is 27.2. The maximum Gasteiger partial charge on any atom is 0.264 e. The quantitative estimate of drug-likeness (QED) is 0.427. The average molecular weight is 528 g/mol. The number of aryl methyl sites for hydroxylation is 1. The lowest BCUT2D eigenvalue weighted by Crippen LogP contribution is -2.50. The number of rotatable bonds is 10. The van der Waals surface area contributed by atoms with Crippen LogP contribution in [0.15, 0.2) is 83.8 Å². The van der Waals surface area contributed by atoms with E-state index in [1.165, 1.54) is 24.1 Å². The Morgan fingerprint density at radius 3 is 2.06 bits per heavy atom. The van der Waals surface area contributed by atoms with Crippen molar-refractivity contribution in [1.29, 1.82) is 0 Å². The maximum absolute atomic E-state index is 13.7. The molecular formula is C27H30ClN3O4S. The van der Waals surface area contributed by atoms with Crippen molar-refractivity contribution in [3.8, 4) is 0 Å². The molecule has 2 amide bonds. The van der Waals surface area contributed by atoms with E-state index in [1.54, 1.807) is 61.5 Å². The number of anilines is 1. The van der Waals surface area contributed by atoms with E-state index in [0.29, 0.717) is 10.7 Å². The first-order valence-corrected chi connectivity index (χ1v) is 13.4. The fourth-order valence-corrected chi connectivity index (χ4v) is 5.29. The molecule has 0 spiro atoms. The molecule has 0 heterocycles. The van der Waals surface area contributed by atoms with E-state index < -0.39 is 28.5 Å². The minimum Gasteiger partial charge on any atom is -0.357 e. The maximum atomic E-state index is 13.7. The van der Waals surface area contributed by atoms with Gasteiger partial charge in [-0.25, -0.2) is 8.42 Å². The van der Waals surface area contributed by atoms with Gasteiger partial charge in [0.1, 0.15) is 12.6 Å². The topological polar surface area (TPSA) is 86.8 Å². The molecule has 9 heteroatoms. The lowest BCUT2D eigenvalue weighted by atomic mass is 10.1. The lowest BCUT2D eigenvalue weighted by Gasteiger charge is -2.31. The van der Waals surface area contributed by atoms with Crippen LogP contribution in [0, 0.1) is 0 Å². The van der Waals surface area contributed by atoms with Gasteiger partial charge in [0.2, 0.25) is 11.8 Å². The number of hydrogen-bond acceptors (Lipinski definition) is 4. The van der Waals surface area contributed by atoms with Crippen molar-refractivity contribution in [2.24, 2.45) is 0 Å². The fraction of sp³-hybridized carbons (Fsp3) is 0.259. The zero-order valence-electron chi connectivity index (χ0n) is 20.5. The Kier molecular flexibility index (Phi) is 9.12. The third kappa shape index (κ3) is 6.44. The van der Waals surface area contributed by atoms with Gasteiger partial charge in [-0.3, -0.25) is 13.9 Å². The van der Waals surface area contributed by atoms with Gasteiger partial charge in [-0.15, -0.1) is 0 Å². The SMILES string of the molecule is CCc1ccc(N(CC(=O)N(Cc2ccc(Cl)cc2)C(C)C(=O)NC)S(=O)(=O)c2ccccc2)cc1. The van der Waals surface area contributed by atoms with Gasteiger partial charge in [-0.05, 0) is 60.9 Å². The number of nitrogens with one attached hydrogen (secondary N) is 1. The van der Waals surface area contributed by atoms with E-state index in [9.17, 15) is 18.0 Å². The van der Waals surface area contributed by atoms with E-state index in [2.05, 4.69) is 5.32 Å². The van der Waals surface area contributed by atoms with Gasteiger partial charge in [0.15, 0.2) is 0 Å². The molecule has 7 nitrogen and oxygen atoms in total. The Morgan fingerprint density at radius 2 is 1.50 bits per heavy atom. The number of carbonyl (C=O) groups is 2. The molecule has 1 N–H and O–H groups in total. The van der Waals surface area contributed by atoms with Crippen molar-refractivity contribution < 1.29 is 18.0 Å². The number of benzene rings is 3. The van der Waals surface area contributed by atoms with Crippen LogP contribution < -0.4 is 9.62 Å². The minimum absolute atomic E-state index is 0.0703. The molecule has 0 saturated heterocycles. The molecule has 3 aromatic carbocycles. The summed E-state index contributed by atoms with van der Waals surface area (Å²) in [6.07, 6.45) is 0.795. The number of likely N-dealkylation sites (N-methyl/N-ethyl adjacent to an activating group) is 1.